The minimum atomic E-state index is -0.471. The molecule has 2 aromatic rings. The van der Waals surface area contributed by atoms with Crippen LogP contribution in [0.25, 0.3) is 0 Å². The maximum Gasteiger partial charge on any atom is 0.220 e. The number of Topliss-reactive ketones (excluding diaryl/α,β-unsaturated/α-hetero) is 2. The fraction of sp³-hybridized carbons (Fsp3) is 0.438. The van der Waals surface area contributed by atoms with Gasteiger partial charge in [0, 0.05) is 12.8 Å². The predicted molar refractivity (Wildman–Crippen MR) is 161 cm³/mol. The molecule has 0 aromatic heterocycles. The smallest absolute Gasteiger partial charge is 0.220 e. The highest BCUT2D eigenvalue weighted by Crippen LogP contribution is 2.31. The van der Waals surface area contributed by atoms with Gasteiger partial charge >= 0.3 is 0 Å². The molecule has 2 atom stereocenters. The van der Waals surface area contributed by atoms with Crippen molar-refractivity contribution in [2.75, 3.05) is 13.2 Å². The van der Waals surface area contributed by atoms with E-state index in [0.717, 1.165) is 45.1 Å². The van der Waals surface area contributed by atoms with E-state index < -0.39 is 12.1 Å². The standard InChI is InChI=1S/C32H38N4O6/c1-17-11-23(41-15-27(37)25-7-9-29(39)35-25)12-18(2)31(17)33-21(5)22(6)34-32-19(3)13-24(14-20(32)4)42-16-28(38)26-8-10-30(40)36-26/h11-14,25-26H,7-10,15-16H2,1-6H3,(H,35,39)(H,36,40). The van der Waals surface area contributed by atoms with E-state index in [0.29, 0.717) is 37.2 Å². The first-order valence-electron chi connectivity index (χ1n) is 14.1. The van der Waals surface area contributed by atoms with Crippen molar-refractivity contribution in [1.82, 2.24) is 10.6 Å². The second kappa shape index (κ2) is 13.1. The number of ether oxygens (including phenoxy) is 2. The minimum Gasteiger partial charge on any atom is -0.486 e. The Morgan fingerprint density at radius 3 is 1.31 bits per heavy atom. The summed E-state index contributed by atoms with van der Waals surface area (Å²) in [6.07, 6.45) is 1.75. The van der Waals surface area contributed by atoms with Gasteiger partial charge in [0.2, 0.25) is 11.8 Å². The SMILES string of the molecule is CC(=Nc1c(C)cc(OCC(=O)C2CCC(=O)N2)cc1C)C(C)=Nc1c(C)cc(OCC(=O)C2CCC(=O)N2)cc1C. The molecule has 2 aromatic carbocycles. The highest BCUT2D eigenvalue weighted by Gasteiger charge is 2.28. The molecule has 0 saturated carbocycles. The summed E-state index contributed by atoms with van der Waals surface area (Å²) in [4.78, 5) is 57.2. The van der Waals surface area contributed by atoms with Crippen LogP contribution in [0.1, 0.15) is 61.8 Å². The quantitative estimate of drug-likeness (QED) is 0.385. The Morgan fingerprint density at radius 1 is 0.690 bits per heavy atom. The van der Waals surface area contributed by atoms with Crippen molar-refractivity contribution in [2.45, 2.75) is 79.3 Å². The van der Waals surface area contributed by atoms with Crippen LogP contribution in [0.2, 0.25) is 0 Å². The van der Waals surface area contributed by atoms with Crippen LogP contribution >= 0.6 is 0 Å². The third kappa shape index (κ3) is 7.48. The number of rotatable bonds is 11. The second-order valence-electron chi connectivity index (χ2n) is 11.0. The number of nitrogens with zero attached hydrogens (tertiary/aromatic N) is 2. The van der Waals surface area contributed by atoms with Crippen molar-refractivity contribution in [3.05, 3.63) is 46.5 Å². The molecule has 0 radical (unpaired) electrons. The average Bonchev–Trinajstić information content (AvgIpc) is 3.58. The maximum absolute atomic E-state index is 12.3. The molecule has 2 aliphatic rings. The highest BCUT2D eigenvalue weighted by atomic mass is 16.5. The molecule has 42 heavy (non-hydrogen) atoms. The van der Waals surface area contributed by atoms with Crippen LogP contribution in [-0.4, -0.2) is 60.1 Å². The van der Waals surface area contributed by atoms with E-state index in [9.17, 15) is 19.2 Å². The summed E-state index contributed by atoms with van der Waals surface area (Å²) in [5.41, 5.74) is 6.74. The molecule has 222 valence electrons. The summed E-state index contributed by atoms with van der Waals surface area (Å²) in [6.45, 7) is 11.4. The lowest BCUT2D eigenvalue weighted by molar-refractivity contribution is -0.125. The summed E-state index contributed by atoms with van der Waals surface area (Å²) in [5.74, 6) is 0.667. The summed E-state index contributed by atoms with van der Waals surface area (Å²) in [5, 5.41) is 5.35. The molecule has 2 fully saturated rings. The first kappa shape index (κ1) is 30.6. The largest absolute Gasteiger partial charge is 0.486 e. The zero-order chi connectivity index (χ0) is 30.6. The van der Waals surface area contributed by atoms with Gasteiger partial charge in [0.1, 0.15) is 24.7 Å². The van der Waals surface area contributed by atoms with E-state index in [-0.39, 0.29) is 36.6 Å². The van der Waals surface area contributed by atoms with Crippen LogP contribution in [0, 0.1) is 27.7 Å². The molecule has 2 heterocycles. The van der Waals surface area contributed by atoms with Crippen LogP contribution in [0.15, 0.2) is 34.3 Å². The number of benzene rings is 2. The highest BCUT2D eigenvalue weighted by molar-refractivity contribution is 6.41. The number of nitrogens with one attached hydrogen (secondary N) is 2. The van der Waals surface area contributed by atoms with Crippen molar-refractivity contribution < 1.29 is 28.7 Å². The number of amides is 2. The van der Waals surface area contributed by atoms with Crippen LogP contribution < -0.4 is 20.1 Å². The van der Waals surface area contributed by atoms with E-state index in [1.54, 1.807) is 0 Å². The molecule has 2 unspecified atom stereocenters. The van der Waals surface area contributed by atoms with Gasteiger partial charge in [0.15, 0.2) is 11.6 Å². The fourth-order valence-corrected chi connectivity index (χ4v) is 5.07. The van der Waals surface area contributed by atoms with Crippen LogP contribution in [0.4, 0.5) is 11.4 Å². The number of aliphatic imine (C=N–C) groups is 2. The van der Waals surface area contributed by atoms with Gasteiger partial charge in [-0.2, -0.15) is 0 Å². The molecule has 10 nitrogen and oxygen atoms in total. The molecule has 2 amide bonds. The lowest BCUT2D eigenvalue weighted by Crippen LogP contribution is -2.36. The number of aryl methyl sites for hydroxylation is 4. The Kier molecular flexibility index (Phi) is 9.55. The first-order valence-corrected chi connectivity index (χ1v) is 14.1. The van der Waals surface area contributed by atoms with Gasteiger partial charge in [-0.1, -0.05) is 0 Å². The summed E-state index contributed by atoms with van der Waals surface area (Å²) in [7, 11) is 0. The fourth-order valence-electron chi connectivity index (χ4n) is 5.07. The maximum atomic E-state index is 12.3. The van der Waals surface area contributed by atoms with Crippen molar-refractivity contribution in [3.8, 4) is 11.5 Å². The van der Waals surface area contributed by atoms with Gasteiger partial charge in [-0.25, -0.2) is 0 Å². The van der Waals surface area contributed by atoms with Gasteiger partial charge in [-0.05, 0) is 101 Å². The van der Waals surface area contributed by atoms with Gasteiger partial charge in [-0.15, -0.1) is 0 Å². The summed E-state index contributed by atoms with van der Waals surface area (Å²) < 4.78 is 11.5. The molecule has 4 rings (SSSR count). The molecular weight excluding hydrogens is 536 g/mol. The number of carbonyl (C=O) groups is 4. The molecule has 0 spiro atoms. The summed E-state index contributed by atoms with van der Waals surface area (Å²) >= 11 is 0. The second-order valence-corrected chi connectivity index (χ2v) is 11.0. The van der Waals surface area contributed by atoms with Crippen molar-refractivity contribution in [2.24, 2.45) is 9.98 Å². The number of carbonyl (C=O) groups excluding carboxylic acids is 4. The zero-order valence-corrected chi connectivity index (χ0v) is 25.1. The minimum absolute atomic E-state index is 0.102. The zero-order valence-electron chi connectivity index (χ0n) is 25.1. The van der Waals surface area contributed by atoms with Gasteiger partial charge < -0.3 is 20.1 Å². The van der Waals surface area contributed by atoms with E-state index in [1.165, 1.54) is 0 Å². The van der Waals surface area contributed by atoms with Gasteiger partial charge in [-0.3, -0.25) is 29.2 Å². The Morgan fingerprint density at radius 2 is 1.02 bits per heavy atom. The van der Waals surface area contributed by atoms with E-state index in [1.807, 2.05) is 65.8 Å². The molecule has 10 heteroatoms. The molecular formula is C32H38N4O6. The topological polar surface area (TPSA) is 136 Å². The first-order chi connectivity index (χ1) is 19.9. The monoisotopic (exact) mass is 574 g/mol. The normalized spacial score (nSPS) is 19.0. The molecule has 2 aliphatic heterocycles. The van der Waals surface area contributed by atoms with Gasteiger partial charge in [0.05, 0.1) is 34.9 Å². The Hall–Kier alpha value is -4.34. The van der Waals surface area contributed by atoms with E-state index >= 15 is 0 Å². The van der Waals surface area contributed by atoms with Crippen LogP contribution in [-0.2, 0) is 19.2 Å². The lowest BCUT2D eigenvalue weighted by Gasteiger charge is -2.14. The number of hydrogen-bond acceptors (Lipinski definition) is 8. The molecule has 0 aliphatic carbocycles. The Labute approximate surface area is 246 Å². The van der Waals surface area contributed by atoms with Crippen molar-refractivity contribution in [1.29, 1.82) is 0 Å². The predicted octanol–water partition coefficient (Wildman–Crippen LogP) is 4.26. The number of ketones is 2. The van der Waals surface area contributed by atoms with Crippen molar-refractivity contribution in [3.63, 3.8) is 0 Å². The summed E-state index contributed by atoms with van der Waals surface area (Å²) in [6, 6.07) is 6.46. The molecule has 2 N–H and O–H groups in total. The third-order valence-corrected chi connectivity index (χ3v) is 7.54. The van der Waals surface area contributed by atoms with Gasteiger partial charge in [0.25, 0.3) is 0 Å². The van der Waals surface area contributed by atoms with Crippen LogP contribution in [0.3, 0.4) is 0 Å². The molecule has 2 saturated heterocycles. The third-order valence-electron chi connectivity index (χ3n) is 7.54. The van der Waals surface area contributed by atoms with E-state index in [2.05, 4.69) is 10.6 Å². The van der Waals surface area contributed by atoms with Crippen LogP contribution in [0.5, 0.6) is 11.5 Å². The van der Waals surface area contributed by atoms with E-state index in [4.69, 9.17) is 19.5 Å². The Bertz CT molecular complexity index is 1330. The Balaban J connectivity index is 1.42. The number of hydrogen-bond donors (Lipinski definition) is 2. The lowest BCUT2D eigenvalue weighted by atomic mass is 10.1. The average molecular weight is 575 g/mol. The van der Waals surface area contributed by atoms with Crippen molar-refractivity contribution >= 4 is 46.2 Å². The molecule has 0 bridgehead atoms.